The minimum absolute atomic E-state index is 0.107. The molecule has 1 aromatic heterocycles. The topological polar surface area (TPSA) is 61.3 Å². The molecule has 1 rings (SSSR count). The molecule has 0 aliphatic rings. The maximum absolute atomic E-state index is 9.34. The monoisotopic (exact) mass is 252 g/mol. The van der Waals surface area contributed by atoms with E-state index in [0.717, 1.165) is 23.9 Å². The molecule has 1 heterocycles. The zero-order valence-corrected chi connectivity index (χ0v) is 12.0. The molecule has 0 aliphatic heterocycles. The van der Waals surface area contributed by atoms with Gasteiger partial charge in [-0.2, -0.15) is 0 Å². The van der Waals surface area contributed by atoms with E-state index >= 15 is 0 Å². The highest BCUT2D eigenvalue weighted by Crippen LogP contribution is 2.14. The minimum atomic E-state index is -0.272. The van der Waals surface area contributed by atoms with E-state index in [-0.39, 0.29) is 12.1 Å². The van der Waals surface area contributed by atoms with Crippen LogP contribution in [0.25, 0.3) is 0 Å². The highest BCUT2D eigenvalue weighted by Gasteiger charge is 2.23. The lowest BCUT2D eigenvalue weighted by Gasteiger charge is -2.33. The molecule has 0 amide bonds. The first-order valence-electron chi connectivity index (χ1n) is 6.29. The maximum atomic E-state index is 9.34. The molecule has 0 bridgehead atoms. The first kappa shape index (κ1) is 14.9. The summed E-state index contributed by atoms with van der Waals surface area (Å²) in [4.78, 5) is 10.9. The van der Waals surface area contributed by atoms with E-state index in [2.05, 4.69) is 20.2 Å². The van der Waals surface area contributed by atoms with E-state index in [4.69, 9.17) is 0 Å². The van der Waals surface area contributed by atoms with E-state index in [9.17, 15) is 5.11 Å². The number of aliphatic hydroxyl groups excluding tert-OH is 1. The van der Waals surface area contributed by atoms with Gasteiger partial charge < -0.3 is 10.4 Å². The van der Waals surface area contributed by atoms with Crippen LogP contribution < -0.4 is 5.32 Å². The fourth-order valence-electron chi connectivity index (χ4n) is 1.52. The highest BCUT2D eigenvalue weighted by atomic mass is 16.3. The van der Waals surface area contributed by atoms with Crippen molar-refractivity contribution in [2.24, 2.45) is 0 Å². The van der Waals surface area contributed by atoms with Gasteiger partial charge in [-0.3, -0.25) is 4.90 Å². The van der Waals surface area contributed by atoms with E-state index < -0.39 is 0 Å². The third-order valence-electron chi connectivity index (χ3n) is 3.06. The first-order chi connectivity index (χ1) is 8.39. The van der Waals surface area contributed by atoms with Crippen molar-refractivity contribution in [2.45, 2.75) is 39.8 Å². The van der Waals surface area contributed by atoms with Crippen molar-refractivity contribution in [3.8, 4) is 0 Å². The van der Waals surface area contributed by atoms with Gasteiger partial charge in [0.05, 0.1) is 13.2 Å². The van der Waals surface area contributed by atoms with Crippen molar-refractivity contribution >= 4 is 5.82 Å². The zero-order chi connectivity index (χ0) is 13.8. The largest absolute Gasteiger partial charge is 0.394 e. The van der Waals surface area contributed by atoms with E-state index in [1.807, 2.05) is 40.8 Å². The summed E-state index contributed by atoms with van der Waals surface area (Å²) in [6.07, 6.45) is 0. The standard InChI is InChI=1S/C13H24N4O/c1-6-14-11-7-10(2)15-12(16-11)8-17(5)13(3,4)9-18/h7,18H,6,8-9H2,1-5H3,(H,14,15,16). The number of hydrogen-bond donors (Lipinski definition) is 2. The number of nitrogens with one attached hydrogen (secondary N) is 1. The molecule has 2 N–H and O–H groups in total. The summed E-state index contributed by atoms with van der Waals surface area (Å²) in [7, 11) is 1.97. The molecule has 0 fully saturated rings. The lowest BCUT2D eigenvalue weighted by atomic mass is 10.1. The van der Waals surface area contributed by atoms with Gasteiger partial charge in [0, 0.05) is 23.8 Å². The number of aliphatic hydroxyl groups is 1. The van der Waals surface area contributed by atoms with Gasteiger partial charge in [0.2, 0.25) is 0 Å². The van der Waals surface area contributed by atoms with Crippen molar-refractivity contribution < 1.29 is 5.11 Å². The van der Waals surface area contributed by atoms with Gasteiger partial charge in [-0.05, 0) is 34.7 Å². The molecule has 0 saturated heterocycles. The Hall–Kier alpha value is -1.20. The van der Waals surface area contributed by atoms with Crippen molar-refractivity contribution in [3.05, 3.63) is 17.6 Å². The Morgan fingerprint density at radius 3 is 2.61 bits per heavy atom. The predicted molar refractivity (Wildman–Crippen MR) is 73.6 cm³/mol. The van der Waals surface area contributed by atoms with Gasteiger partial charge in [0.15, 0.2) is 0 Å². The van der Waals surface area contributed by atoms with Crippen LogP contribution in [-0.2, 0) is 6.54 Å². The minimum Gasteiger partial charge on any atom is -0.394 e. The van der Waals surface area contributed by atoms with Gasteiger partial charge in [-0.15, -0.1) is 0 Å². The van der Waals surface area contributed by atoms with E-state index in [1.54, 1.807) is 0 Å². The first-order valence-corrected chi connectivity index (χ1v) is 6.29. The second-order valence-electron chi connectivity index (χ2n) is 5.17. The summed E-state index contributed by atoms with van der Waals surface area (Å²) in [5.41, 5.74) is 0.678. The van der Waals surface area contributed by atoms with E-state index in [0.29, 0.717) is 6.54 Å². The van der Waals surface area contributed by atoms with Crippen LogP contribution in [0.2, 0.25) is 0 Å². The average Bonchev–Trinajstić information content (AvgIpc) is 2.28. The van der Waals surface area contributed by atoms with Crippen molar-refractivity contribution in [3.63, 3.8) is 0 Å². The fraction of sp³-hybridized carbons (Fsp3) is 0.692. The van der Waals surface area contributed by atoms with Crippen molar-refractivity contribution in [1.29, 1.82) is 0 Å². The summed E-state index contributed by atoms with van der Waals surface area (Å²) in [5, 5.41) is 12.5. The molecule has 5 heteroatoms. The lowest BCUT2D eigenvalue weighted by Crippen LogP contribution is -2.44. The molecule has 0 unspecified atom stereocenters. The van der Waals surface area contributed by atoms with Gasteiger partial charge in [-0.1, -0.05) is 0 Å². The second-order valence-corrected chi connectivity index (χ2v) is 5.17. The number of nitrogens with zero attached hydrogens (tertiary/aromatic N) is 3. The Kier molecular flexibility index (Phi) is 5.04. The molecular weight excluding hydrogens is 228 g/mol. The Labute approximate surface area is 109 Å². The van der Waals surface area contributed by atoms with Crippen LogP contribution in [-0.4, -0.2) is 45.7 Å². The molecule has 0 spiro atoms. The summed E-state index contributed by atoms with van der Waals surface area (Å²) < 4.78 is 0. The normalized spacial score (nSPS) is 11.9. The molecule has 0 saturated carbocycles. The van der Waals surface area contributed by atoms with Gasteiger partial charge in [0.1, 0.15) is 11.6 Å². The number of rotatable bonds is 6. The molecule has 102 valence electrons. The summed E-state index contributed by atoms with van der Waals surface area (Å²) in [6, 6.07) is 1.93. The molecule has 0 atom stereocenters. The SMILES string of the molecule is CCNc1cc(C)nc(CN(C)C(C)(C)CO)n1. The van der Waals surface area contributed by atoms with Crippen LogP contribution in [0.5, 0.6) is 0 Å². The van der Waals surface area contributed by atoms with Crippen LogP contribution in [0.1, 0.15) is 32.3 Å². The second kappa shape index (κ2) is 6.11. The quantitative estimate of drug-likeness (QED) is 0.802. The zero-order valence-electron chi connectivity index (χ0n) is 12.0. The van der Waals surface area contributed by atoms with Crippen molar-refractivity contribution in [2.75, 3.05) is 25.5 Å². The van der Waals surface area contributed by atoms with Gasteiger partial charge >= 0.3 is 0 Å². The summed E-state index contributed by atoms with van der Waals surface area (Å²) in [6.45, 7) is 9.56. The highest BCUT2D eigenvalue weighted by molar-refractivity contribution is 5.35. The van der Waals surface area contributed by atoms with Crippen molar-refractivity contribution in [1.82, 2.24) is 14.9 Å². The smallest absolute Gasteiger partial charge is 0.144 e. The molecule has 18 heavy (non-hydrogen) atoms. The number of aromatic nitrogens is 2. The predicted octanol–water partition coefficient (Wildman–Crippen LogP) is 1.42. The van der Waals surface area contributed by atoms with Crippen LogP contribution >= 0.6 is 0 Å². The molecule has 5 nitrogen and oxygen atoms in total. The maximum Gasteiger partial charge on any atom is 0.144 e. The van der Waals surface area contributed by atoms with E-state index in [1.165, 1.54) is 0 Å². The Morgan fingerprint density at radius 2 is 2.06 bits per heavy atom. The van der Waals surface area contributed by atoms with Crippen LogP contribution in [0.4, 0.5) is 5.82 Å². The van der Waals surface area contributed by atoms with Gasteiger partial charge in [0.25, 0.3) is 0 Å². The number of aryl methyl sites for hydroxylation is 1. The number of hydrogen-bond acceptors (Lipinski definition) is 5. The molecule has 0 aliphatic carbocycles. The van der Waals surface area contributed by atoms with Crippen LogP contribution in [0.15, 0.2) is 6.07 Å². The number of likely N-dealkylation sites (N-methyl/N-ethyl adjacent to an activating group) is 1. The lowest BCUT2D eigenvalue weighted by molar-refractivity contribution is 0.0714. The molecular formula is C13H24N4O. The third-order valence-corrected chi connectivity index (χ3v) is 3.06. The average molecular weight is 252 g/mol. The molecule has 0 aromatic carbocycles. The number of anilines is 1. The van der Waals surface area contributed by atoms with Crippen LogP contribution in [0.3, 0.4) is 0 Å². The third kappa shape index (κ3) is 3.92. The Bertz CT molecular complexity index is 393. The molecule has 0 radical (unpaired) electrons. The summed E-state index contributed by atoms with van der Waals surface area (Å²) in [5.74, 6) is 1.63. The Morgan fingerprint density at radius 1 is 1.39 bits per heavy atom. The summed E-state index contributed by atoms with van der Waals surface area (Å²) >= 11 is 0. The van der Waals surface area contributed by atoms with Gasteiger partial charge in [-0.25, -0.2) is 9.97 Å². The Balaban J connectivity index is 2.84. The van der Waals surface area contributed by atoms with Crippen LogP contribution in [0, 0.1) is 6.92 Å². The fourth-order valence-corrected chi connectivity index (χ4v) is 1.52. The molecule has 1 aromatic rings.